The van der Waals surface area contributed by atoms with E-state index in [1.807, 2.05) is 36.4 Å². The van der Waals surface area contributed by atoms with Crippen molar-refractivity contribution in [2.75, 3.05) is 11.9 Å². The Balaban J connectivity index is 1.42. The van der Waals surface area contributed by atoms with Crippen LogP contribution in [0.5, 0.6) is 0 Å². The first-order valence-electron chi connectivity index (χ1n) is 16.6. The first kappa shape index (κ1) is 35.8. The SMILES string of the molecule is CCCCCCNc1ccc(-c2cnc(-c3ccc(C[C@H](NC(=O)c4ccc(C(C)(C)C)cc4)C(=O)N[C@H](C)C(=O)O)cc3)nc2)cc1. The summed E-state index contributed by atoms with van der Waals surface area (Å²) in [5, 5.41) is 18.1. The fourth-order valence-corrected chi connectivity index (χ4v) is 5.16. The van der Waals surface area contributed by atoms with Crippen LogP contribution in [0.1, 0.15) is 81.8 Å². The fraction of sp³-hybridized carbons (Fsp3) is 0.359. The van der Waals surface area contributed by atoms with Gasteiger partial charge in [-0.3, -0.25) is 14.4 Å². The lowest BCUT2D eigenvalue weighted by atomic mass is 9.86. The van der Waals surface area contributed by atoms with E-state index in [4.69, 9.17) is 0 Å². The van der Waals surface area contributed by atoms with Crippen LogP contribution in [0.15, 0.2) is 85.2 Å². The summed E-state index contributed by atoms with van der Waals surface area (Å²) in [6.07, 6.45) is 8.67. The predicted octanol–water partition coefficient (Wildman–Crippen LogP) is 7.03. The number of benzene rings is 3. The third-order valence-corrected chi connectivity index (χ3v) is 8.25. The van der Waals surface area contributed by atoms with Crippen molar-refractivity contribution in [3.63, 3.8) is 0 Å². The zero-order chi connectivity index (χ0) is 34.7. The first-order valence-corrected chi connectivity index (χ1v) is 16.6. The molecule has 1 aromatic heterocycles. The average Bonchev–Trinajstić information content (AvgIpc) is 3.08. The van der Waals surface area contributed by atoms with Crippen LogP contribution in [0, 0.1) is 0 Å². The quantitative estimate of drug-likeness (QED) is 0.102. The maximum absolute atomic E-state index is 13.2. The molecule has 3 aromatic carbocycles. The van der Waals surface area contributed by atoms with Gasteiger partial charge < -0.3 is 21.1 Å². The molecule has 0 spiro atoms. The minimum Gasteiger partial charge on any atom is -0.480 e. The number of nitrogens with zero attached hydrogens (tertiary/aromatic N) is 2. The predicted molar refractivity (Wildman–Crippen MR) is 191 cm³/mol. The largest absolute Gasteiger partial charge is 0.480 e. The van der Waals surface area contributed by atoms with Crippen LogP contribution in [0.25, 0.3) is 22.5 Å². The van der Waals surface area contributed by atoms with Crippen LogP contribution in [-0.2, 0) is 21.4 Å². The number of rotatable bonds is 15. The highest BCUT2D eigenvalue weighted by molar-refractivity contribution is 5.98. The lowest BCUT2D eigenvalue weighted by molar-refractivity contribution is -0.141. The summed E-state index contributed by atoms with van der Waals surface area (Å²) < 4.78 is 0. The van der Waals surface area contributed by atoms with Crippen LogP contribution in [0.4, 0.5) is 5.69 Å². The number of aromatic nitrogens is 2. The molecule has 9 heteroatoms. The van der Waals surface area contributed by atoms with E-state index in [0.717, 1.165) is 46.5 Å². The topological polar surface area (TPSA) is 133 Å². The van der Waals surface area contributed by atoms with E-state index in [0.29, 0.717) is 11.4 Å². The third kappa shape index (κ3) is 10.2. The van der Waals surface area contributed by atoms with Gasteiger partial charge in [0.15, 0.2) is 5.82 Å². The van der Waals surface area contributed by atoms with Crippen molar-refractivity contribution in [2.24, 2.45) is 0 Å². The molecule has 9 nitrogen and oxygen atoms in total. The van der Waals surface area contributed by atoms with Crippen LogP contribution in [-0.4, -0.2) is 51.5 Å². The maximum atomic E-state index is 13.2. The fourth-order valence-electron chi connectivity index (χ4n) is 5.16. The van der Waals surface area contributed by atoms with E-state index >= 15 is 0 Å². The van der Waals surface area contributed by atoms with Crippen molar-refractivity contribution in [1.29, 1.82) is 0 Å². The highest BCUT2D eigenvalue weighted by Crippen LogP contribution is 2.24. The standard InChI is InChI=1S/C39H47N5O4/c1-6-7-8-9-22-40-33-20-16-28(17-21-33)31-24-41-35(42-25-31)29-12-10-27(11-13-29)23-34(37(46)43-26(2)38(47)48)44-36(45)30-14-18-32(19-15-30)39(3,4)5/h10-21,24-26,34,40H,6-9,22-23H2,1-5H3,(H,43,46)(H,44,45)(H,47,48)/t26-,34+/m1/s1. The van der Waals surface area contributed by atoms with E-state index in [1.54, 1.807) is 24.5 Å². The lowest BCUT2D eigenvalue weighted by Gasteiger charge is -2.21. The molecule has 0 radical (unpaired) electrons. The maximum Gasteiger partial charge on any atom is 0.325 e. The summed E-state index contributed by atoms with van der Waals surface area (Å²) in [5.74, 6) is -1.60. The van der Waals surface area contributed by atoms with E-state index in [9.17, 15) is 19.5 Å². The Hall–Kier alpha value is -5.05. The highest BCUT2D eigenvalue weighted by Gasteiger charge is 2.25. The number of hydrogen-bond donors (Lipinski definition) is 4. The van der Waals surface area contributed by atoms with Gasteiger partial charge in [0.1, 0.15) is 12.1 Å². The monoisotopic (exact) mass is 649 g/mol. The minimum atomic E-state index is -1.16. The Morgan fingerprint density at radius 3 is 1.98 bits per heavy atom. The Kier molecular flexibility index (Phi) is 12.4. The summed E-state index contributed by atoms with van der Waals surface area (Å²) in [6, 6.07) is 20.9. The van der Waals surface area contributed by atoms with Gasteiger partial charge in [0.2, 0.25) is 5.91 Å². The summed E-state index contributed by atoms with van der Waals surface area (Å²) in [7, 11) is 0. The van der Waals surface area contributed by atoms with Crippen molar-refractivity contribution in [3.05, 3.63) is 102 Å². The van der Waals surface area contributed by atoms with E-state index in [2.05, 4.69) is 77.9 Å². The Bertz CT molecular complexity index is 1650. The molecular weight excluding hydrogens is 602 g/mol. The molecule has 0 unspecified atom stereocenters. The van der Waals surface area contributed by atoms with Gasteiger partial charge in [-0.1, -0.05) is 95.5 Å². The van der Waals surface area contributed by atoms with Crippen molar-refractivity contribution < 1.29 is 19.5 Å². The molecule has 2 atom stereocenters. The third-order valence-electron chi connectivity index (χ3n) is 8.25. The highest BCUT2D eigenvalue weighted by atomic mass is 16.4. The number of amides is 2. The zero-order valence-electron chi connectivity index (χ0n) is 28.5. The molecule has 0 aliphatic heterocycles. The summed E-state index contributed by atoms with van der Waals surface area (Å²) in [5.41, 5.74) is 6.04. The molecule has 4 N–H and O–H groups in total. The lowest BCUT2D eigenvalue weighted by Crippen LogP contribution is -2.51. The molecule has 252 valence electrons. The van der Waals surface area contributed by atoms with E-state index in [1.165, 1.54) is 26.2 Å². The zero-order valence-corrected chi connectivity index (χ0v) is 28.5. The Morgan fingerprint density at radius 1 is 0.771 bits per heavy atom. The van der Waals surface area contributed by atoms with Gasteiger partial charge in [0, 0.05) is 47.7 Å². The molecule has 0 aliphatic rings. The Labute approximate surface area is 283 Å². The number of carboxylic acid groups (broad SMARTS) is 1. The van der Waals surface area contributed by atoms with Crippen LogP contribution in [0.2, 0.25) is 0 Å². The van der Waals surface area contributed by atoms with Crippen molar-refractivity contribution in [2.45, 2.75) is 84.2 Å². The summed E-state index contributed by atoms with van der Waals surface area (Å²) in [6.45, 7) is 10.8. The molecule has 0 fully saturated rings. The smallest absolute Gasteiger partial charge is 0.325 e. The van der Waals surface area contributed by atoms with Gasteiger partial charge in [-0.25, -0.2) is 9.97 Å². The van der Waals surface area contributed by atoms with Gasteiger partial charge in [-0.15, -0.1) is 0 Å². The van der Waals surface area contributed by atoms with Crippen molar-refractivity contribution >= 4 is 23.5 Å². The molecule has 2 amide bonds. The summed E-state index contributed by atoms with van der Waals surface area (Å²) >= 11 is 0. The number of carboxylic acids is 1. The second kappa shape index (κ2) is 16.7. The van der Waals surface area contributed by atoms with Crippen molar-refractivity contribution in [3.8, 4) is 22.5 Å². The number of carbonyl (C=O) groups is 3. The number of unbranched alkanes of at least 4 members (excludes halogenated alkanes) is 3. The van der Waals surface area contributed by atoms with Crippen LogP contribution >= 0.6 is 0 Å². The molecule has 4 aromatic rings. The molecule has 4 rings (SSSR count). The normalized spacial score (nSPS) is 12.5. The van der Waals surface area contributed by atoms with Gasteiger partial charge in [0.05, 0.1) is 0 Å². The van der Waals surface area contributed by atoms with Gasteiger partial charge in [0.25, 0.3) is 5.91 Å². The molecule has 0 aliphatic carbocycles. The molecular formula is C39H47N5O4. The second-order valence-corrected chi connectivity index (χ2v) is 13.2. The number of hydrogen-bond acceptors (Lipinski definition) is 6. The van der Waals surface area contributed by atoms with Gasteiger partial charge in [-0.05, 0) is 59.7 Å². The number of anilines is 1. The molecule has 0 bridgehead atoms. The van der Waals surface area contributed by atoms with Crippen LogP contribution < -0.4 is 16.0 Å². The Morgan fingerprint density at radius 2 is 1.40 bits per heavy atom. The number of carbonyl (C=O) groups excluding carboxylic acids is 2. The van der Waals surface area contributed by atoms with E-state index < -0.39 is 29.9 Å². The average molecular weight is 650 g/mol. The second-order valence-electron chi connectivity index (χ2n) is 13.2. The minimum absolute atomic E-state index is 0.0688. The van der Waals surface area contributed by atoms with Crippen molar-refractivity contribution in [1.82, 2.24) is 20.6 Å². The van der Waals surface area contributed by atoms with Crippen LogP contribution in [0.3, 0.4) is 0 Å². The number of aliphatic carboxylic acids is 1. The van der Waals surface area contributed by atoms with Gasteiger partial charge >= 0.3 is 5.97 Å². The molecule has 48 heavy (non-hydrogen) atoms. The number of nitrogens with one attached hydrogen (secondary N) is 3. The molecule has 0 saturated heterocycles. The molecule has 0 saturated carbocycles. The van der Waals surface area contributed by atoms with Gasteiger partial charge in [-0.2, -0.15) is 0 Å². The molecule has 1 heterocycles. The summed E-state index contributed by atoms with van der Waals surface area (Å²) in [4.78, 5) is 46.9. The first-order chi connectivity index (χ1) is 22.9. The van der Waals surface area contributed by atoms with E-state index in [-0.39, 0.29) is 11.8 Å².